The summed E-state index contributed by atoms with van der Waals surface area (Å²) in [5, 5.41) is 0. The van der Waals surface area contributed by atoms with Gasteiger partial charge >= 0.3 is 5.97 Å². The van der Waals surface area contributed by atoms with Gasteiger partial charge < -0.3 is 4.74 Å². The van der Waals surface area contributed by atoms with E-state index >= 15 is 0 Å². The van der Waals surface area contributed by atoms with Crippen molar-refractivity contribution >= 4 is 5.97 Å². The minimum atomic E-state index is -0.0529. The highest BCUT2D eigenvalue weighted by Gasteiger charge is 2.55. The molecule has 2 fully saturated rings. The molecule has 2 aliphatic rings. The summed E-state index contributed by atoms with van der Waals surface area (Å²) in [4.78, 5) is 14.5. The van der Waals surface area contributed by atoms with Gasteiger partial charge in [0.05, 0.1) is 13.0 Å². The molecule has 2 aliphatic heterocycles. The number of methoxy groups -OCH3 is 1. The lowest BCUT2D eigenvalue weighted by Crippen LogP contribution is -2.33. The largest absolute Gasteiger partial charge is 0.469 e. The van der Waals surface area contributed by atoms with Crippen LogP contribution >= 0.6 is 0 Å². The summed E-state index contributed by atoms with van der Waals surface area (Å²) in [6, 6.07) is 11.2. The van der Waals surface area contributed by atoms with Crippen LogP contribution in [0.15, 0.2) is 30.3 Å². The molecule has 0 spiro atoms. The quantitative estimate of drug-likeness (QED) is 0.747. The molecule has 2 saturated heterocycles. The molecule has 3 nitrogen and oxygen atoms in total. The number of benzene rings is 1. The molecule has 4 atom stereocenters. The fraction of sp³-hybridized carbons (Fsp3) is 0.533. The van der Waals surface area contributed by atoms with Crippen LogP contribution in [0.5, 0.6) is 0 Å². The maximum absolute atomic E-state index is 12.1. The molecule has 0 N–H and O–H groups in total. The third kappa shape index (κ3) is 1.57. The molecule has 18 heavy (non-hydrogen) atoms. The molecule has 0 unspecified atom stereocenters. The lowest BCUT2D eigenvalue weighted by Gasteiger charge is -2.27. The van der Waals surface area contributed by atoms with E-state index in [4.69, 9.17) is 4.74 Å². The standard InChI is InChI=1S/C15H19NO2/c1-16-11-8-9-12(16)14(15(17)18-2)13(11)10-6-4-3-5-7-10/h3-7,11-14H,8-9H2,1-2H3/t11-,12+,13+,14-/m0/s1. The summed E-state index contributed by atoms with van der Waals surface area (Å²) in [5.74, 6) is 0.242. The highest BCUT2D eigenvalue weighted by molar-refractivity contribution is 5.75. The highest BCUT2D eigenvalue weighted by Crippen LogP contribution is 2.50. The van der Waals surface area contributed by atoms with Crippen molar-refractivity contribution in [2.24, 2.45) is 5.92 Å². The molecule has 1 aromatic carbocycles. The maximum atomic E-state index is 12.1. The predicted octanol–water partition coefficient (Wildman–Crippen LogP) is 2.04. The third-order valence-electron chi connectivity index (χ3n) is 4.68. The fourth-order valence-electron chi connectivity index (χ4n) is 3.88. The van der Waals surface area contributed by atoms with E-state index in [-0.39, 0.29) is 11.9 Å². The Labute approximate surface area is 108 Å². The first-order valence-electron chi connectivity index (χ1n) is 6.58. The molecular formula is C15H19NO2. The zero-order valence-electron chi connectivity index (χ0n) is 10.9. The van der Waals surface area contributed by atoms with Gasteiger partial charge in [-0.05, 0) is 25.5 Å². The Hall–Kier alpha value is -1.35. The van der Waals surface area contributed by atoms with Crippen LogP contribution in [0.25, 0.3) is 0 Å². The van der Waals surface area contributed by atoms with E-state index < -0.39 is 0 Å². The zero-order chi connectivity index (χ0) is 12.7. The first-order valence-corrected chi connectivity index (χ1v) is 6.58. The van der Waals surface area contributed by atoms with E-state index in [1.165, 1.54) is 19.1 Å². The number of fused-ring (bicyclic) bond motifs is 2. The van der Waals surface area contributed by atoms with Crippen molar-refractivity contribution in [1.29, 1.82) is 0 Å². The van der Waals surface area contributed by atoms with Crippen LogP contribution in [0.2, 0.25) is 0 Å². The van der Waals surface area contributed by atoms with Crippen molar-refractivity contribution in [2.75, 3.05) is 14.2 Å². The van der Waals surface area contributed by atoms with E-state index in [0.717, 1.165) is 6.42 Å². The van der Waals surface area contributed by atoms with Gasteiger partial charge in [0.15, 0.2) is 0 Å². The average molecular weight is 245 g/mol. The Morgan fingerprint density at radius 1 is 1.22 bits per heavy atom. The van der Waals surface area contributed by atoms with Gasteiger partial charge in [0.25, 0.3) is 0 Å². The molecule has 3 heteroatoms. The lowest BCUT2D eigenvalue weighted by atomic mass is 9.75. The number of rotatable bonds is 2. The number of esters is 1. The van der Waals surface area contributed by atoms with Crippen molar-refractivity contribution in [3.8, 4) is 0 Å². The Balaban J connectivity index is 1.98. The molecule has 1 aromatic rings. The smallest absolute Gasteiger partial charge is 0.310 e. The number of carbonyl (C=O) groups excluding carboxylic acids is 1. The monoisotopic (exact) mass is 245 g/mol. The SMILES string of the molecule is COC(=O)[C@@H]1[C@H](c2ccccc2)[C@@H]2CC[C@H]1N2C. The minimum absolute atomic E-state index is 0.00106. The highest BCUT2D eigenvalue weighted by atomic mass is 16.5. The van der Waals surface area contributed by atoms with Gasteiger partial charge in [0.1, 0.15) is 0 Å². The number of hydrogen-bond acceptors (Lipinski definition) is 3. The van der Waals surface area contributed by atoms with E-state index in [1.807, 2.05) is 6.07 Å². The third-order valence-corrected chi connectivity index (χ3v) is 4.68. The van der Waals surface area contributed by atoms with Crippen LogP contribution in [0, 0.1) is 5.92 Å². The van der Waals surface area contributed by atoms with Crippen molar-refractivity contribution in [1.82, 2.24) is 4.90 Å². The molecule has 2 heterocycles. The van der Waals surface area contributed by atoms with Crippen molar-refractivity contribution in [3.05, 3.63) is 35.9 Å². The van der Waals surface area contributed by atoms with Crippen LogP contribution in [0.3, 0.4) is 0 Å². The van der Waals surface area contributed by atoms with Gasteiger partial charge in [0, 0.05) is 18.0 Å². The van der Waals surface area contributed by atoms with Gasteiger partial charge in [0.2, 0.25) is 0 Å². The van der Waals surface area contributed by atoms with Crippen LogP contribution in [-0.4, -0.2) is 37.1 Å². The number of likely N-dealkylation sites (N-methyl/N-ethyl adjacent to an activating group) is 1. The van der Waals surface area contributed by atoms with Crippen molar-refractivity contribution in [2.45, 2.75) is 30.8 Å². The van der Waals surface area contributed by atoms with Crippen LogP contribution < -0.4 is 0 Å². The summed E-state index contributed by atoms with van der Waals surface area (Å²) >= 11 is 0. The number of ether oxygens (including phenoxy) is 1. The molecule has 2 bridgehead atoms. The molecule has 96 valence electrons. The van der Waals surface area contributed by atoms with Crippen LogP contribution in [0.1, 0.15) is 24.3 Å². The fourth-order valence-corrected chi connectivity index (χ4v) is 3.88. The lowest BCUT2D eigenvalue weighted by molar-refractivity contribution is -0.147. The molecule has 0 saturated carbocycles. The Bertz CT molecular complexity index is 445. The topological polar surface area (TPSA) is 29.5 Å². The number of hydrogen-bond donors (Lipinski definition) is 0. The van der Waals surface area contributed by atoms with E-state index in [0.29, 0.717) is 18.0 Å². The zero-order valence-corrected chi connectivity index (χ0v) is 10.9. The van der Waals surface area contributed by atoms with Gasteiger partial charge in [-0.25, -0.2) is 0 Å². The summed E-state index contributed by atoms with van der Waals surface area (Å²) in [5.41, 5.74) is 1.27. The predicted molar refractivity (Wildman–Crippen MR) is 69.3 cm³/mol. The summed E-state index contributed by atoms with van der Waals surface area (Å²) in [6.07, 6.45) is 2.30. The van der Waals surface area contributed by atoms with Crippen LogP contribution in [0.4, 0.5) is 0 Å². The van der Waals surface area contributed by atoms with E-state index in [1.54, 1.807) is 0 Å². The van der Waals surface area contributed by atoms with E-state index in [9.17, 15) is 4.79 Å². The second-order valence-corrected chi connectivity index (χ2v) is 5.36. The maximum Gasteiger partial charge on any atom is 0.310 e. The summed E-state index contributed by atoms with van der Waals surface area (Å²) < 4.78 is 5.02. The number of carbonyl (C=O) groups is 1. The first kappa shape index (κ1) is 11.7. The molecule has 0 aliphatic carbocycles. The normalized spacial score (nSPS) is 34.8. The molecule has 3 rings (SSSR count). The van der Waals surface area contributed by atoms with Gasteiger partial charge in [-0.3, -0.25) is 9.69 Å². The molecule has 0 aromatic heterocycles. The number of nitrogens with zero attached hydrogens (tertiary/aromatic N) is 1. The van der Waals surface area contributed by atoms with Gasteiger partial charge in [-0.15, -0.1) is 0 Å². The van der Waals surface area contributed by atoms with Crippen molar-refractivity contribution < 1.29 is 9.53 Å². The Morgan fingerprint density at radius 2 is 1.89 bits per heavy atom. The Kier molecular flexibility index (Phi) is 2.86. The summed E-state index contributed by atoms with van der Waals surface area (Å²) in [7, 11) is 3.64. The average Bonchev–Trinajstić information content (AvgIpc) is 2.92. The summed E-state index contributed by atoms with van der Waals surface area (Å²) in [6.45, 7) is 0. The minimum Gasteiger partial charge on any atom is -0.469 e. The second-order valence-electron chi connectivity index (χ2n) is 5.36. The second kappa shape index (κ2) is 4.39. The molecular weight excluding hydrogens is 226 g/mol. The Morgan fingerprint density at radius 3 is 2.56 bits per heavy atom. The van der Waals surface area contributed by atoms with Gasteiger partial charge in [-0.1, -0.05) is 30.3 Å². The van der Waals surface area contributed by atoms with Gasteiger partial charge in [-0.2, -0.15) is 0 Å². The van der Waals surface area contributed by atoms with Crippen molar-refractivity contribution in [3.63, 3.8) is 0 Å². The molecule has 0 amide bonds. The molecule has 0 radical (unpaired) electrons. The first-order chi connectivity index (χ1) is 8.74. The van der Waals surface area contributed by atoms with Crippen LogP contribution in [-0.2, 0) is 9.53 Å². The van der Waals surface area contributed by atoms with E-state index in [2.05, 4.69) is 36.2 Å².